The quantitative estimate of drug-likeness (QED) is 0.889. The zero-order chi connectivity index (χ0) is 13.1. The molecule has 2 aromatic rings. The highest BCUT2D eigenvalue weighted by Crippen LogP contribution is 2.23. The fourth-order valence-corrected chi connectivity index (χ4v) is 2.09. The van der Waals surface area contributed by atoms with E-state index in [1.165, 1.54) is 12.1 Å². The molecule has 4 heteroatoms. The van der Waals surface area contributed by atoms with Crippen LogP contribution in [0.2, 0.25) is 10.0 Å². The average Bonchev–Trinajstić information content (AvgIpc) is 2.34. The normalized spacial score (nSPS) is 12.4. The van der Waals surface area contributed by atoms with Gasteiger partial charge in [-0.05, 0) is 47.9 Å². The molecule has 2 aromatic carbocycles. The molecule has 0 fully saturated rings. The van der Waals surface area contributed by atoms with Crippen molar-refractivity contribution in [2.75, 3.05) is 0 Å². The van der Waals surface area contributed by atoms with E-state index < -0.39 is 0 Å². The molecule has 1 nitrogen and oxygen atoms in total. The zero-order valence-corrected chi connectivity index (χ0v) is 11.0. The van der Waals surface area contributed by atoms with Crippen LogP contribution in [0.5, 0.6) is 0 Å². The standard InChI is InChI=1S/C14H12Cl2FN/c15-11-3-1-9(2-4-11)14(18)8-10-7-12(17)5-6-13(10)16/h1-7,14H,8,18H2. The molecular weight excluding hydrogens is 272 g/mol. The Morgan fingerprint density at radius 1 is 1.06 bits per heavy atom. The van der Waals surface area contributed by atoms with Gasteiger partial charge >= 0.3 is 0 Å². The summed E-state index contributed by atoms with van der Waals surface area (Å²) < 4.78 is 13.1. The van der Waals surface area contributed by atoms with Crippen molar-refractivity contribution in [1.82, 2.24) is 0 Å². The van der Waals surface area contributed by atoms with Crippen molar-refractivity contribution >= 4 is 23.2 Å². The van der Waals surface area contributed by atoms with E-state index in [1.54, 1.807) is 18.2 Å². The maximum Gasteiger partial charge on any atom is 0.123 e. The lowest BCUT2D eigenvalue weighted by Crippen LogP contribution is -2.13. The second-order valence-electron chi connectivity index (χ2n) is 4.10. The third kappa shape index (κ3) is 3.22. The molecule has 0 aliphatic heterocycles. The molecular formula is C14H12Cl2FN. The largest absolute Gasteiger partial charge is 0.324 e. The molecule has 18 heavy (non-hydrogen) atoms. The van der Waals surface area contributed by atoms with Gasteiger partial charge in [-0.1, -0.05) is 35.3 Å². The lowest BCUT2D eigenvalue weighted by Gasteiger charge is -2.13. The number of hydrogen-bond acceptors (Lipinski definition) is 1. The Morgan fingerprint density at radius 2 is 1.72 bits per heavy atom. The molecule has 0 bridgehead atoms. The van der Waals surface area contributed by atoms with E-state index in [-0.39, 0.29) is 11.9 Å². The average molecular weight is 284 g/mol. The first-order chi connectivity index (χ1) is 8.56. The van der Waals surface area contributed by atoms with Gasteiger partial charge in [0, 0.05) is 16.1 Å². The van der Waals surface area contributed by atoms with Crippen LogP contribution in [0, 0.1) is 5.82 Å². The minimum atomic E-state index is -0.308. The van der Waals surface area contributed by atoms with Crippen LogP contribution in [-0.2, 0) is 6.42 Å². The van der Waals surface area contributed by atoms with Crippen LogP contribution in [0.3, 0.4) is 0 Å². The van der Waals surface area contributed by atoms with Crippen LogP contribution in [0.4, 0.5) is 4.39 Å². The third-order valence-corrected chi connectivity index (χ3v) is 3.37. The topological polar surface area (TPSA) is 26.0 Å². The van der Waals surface area contributed by atoms with Crippen LogP contribution in [-0.4, -0.2) is 0 Å². The molecule has 0 saturated carbocycles. The van der Waals surface area contributed by atoms with Crippen molar-refractivity contribution in [2.45, 2.75) is 12.5 Å². The van der Waals surface area contributed by atoms with E-state index in [2.05, 4.69) is 0 Å². The molecule has 0 spiro atoms. The van der Waals surface area contributed by atoms with Crippen molar-refractivity contribution < 1.29 is 4.39 Å². The number of benzene rings is 2. The molecule has 0 saturated heterocycles. The van der Waals surface area contributed by atoms with E-state index in [0.29, 0.717) is 22.0 Å². The van der Waals surface area contributed by atoms with Crippen LogP contribution >= 0.6 is 23.2 Å². The van der Waals surface area contributed by atoms with Crippen LogP contribution in [0.15, 0.2) is 42.5 Å². The summed E-state index contributed by atoms with van der Waals surface area (Å²) in [6, 6.07) is 11.3. The van der Waals surface area contributed by atoms with Crippen LogP contribution in [0.25, 0.3) is 0 Å². The van der Waals surface area contributed by atoms with Crippen molar-refractivity contribution in [3.05, 3.63) is 69.5 Å². The summed E-state index contributed by atoms with van der Waals surface area (Å²) in [6.45, 7) is 0. The van der Waals surface area contributed by atoms with E-state index in [1.807, 2.05) is 12.1 Å². The highest BCUT2D eigenvalue weighted by atomic mass is 35.5. The first kappa shape index (κ1) is 13.3. The van der Waals surface area contributed by atoms with Crippen molar-refractivity contribution in [2.24, 2.45) is 5.73 Å². The molecule has 0 heterocycles. The Balaban J connectivity index is 2.18. The number of nitrogens with two attached hydrogens (primary N) is 1. The first-order valence-corrected chi connectivity index (χ1v) is 6.27. The molecule has 2 rings (SSSR count). The first-order valence-electron chi connectivity index (χ1n) is 5.51. The summed E-state index contributed by atoms with van der Waals surface area (Å²) in [5.41, 5.74) is 7.72. The van der Waals surface area contributed by atoms with Gasteiger partial charge in [-0.3, -0.25) is 0 Å². The van der Waals surface area contributed by atoms with Gasteiger partial charge in [0.05, 0.1) is 0 Å². The van der Waals surface area contributed by atoms with Crippen molar-refractivity contribution in [3.63, 3.8) is 0 Å². The summed E-state index contributed by atoms with van der Waals surface area (Å²) >= 11 is 11.8. The molecule has 0 aliphatic rings. The Morgan fingerprint density at radius 3 is 2.39 bits per heavy atom. The number of halogens is 3. The highest BCUT2D eigenvalue weighted by molar-refractivity contribution is 6.31. The molecule has 0 radical (unpaired) electrons. The monoisotopic (exact) mass is 283 g/mol. The second kappa shape index (κ2) is 5.70. The van der Waals surface area contributed by atoms with Crippen molar-refractivity contribution in [1.29, 1.82) is 0 Å². The van der Waals surface area contributed by atoms with Gasteiger partial charge in [0.25, 0.3) is 0 Å². The Bertz CT molecular complexity index is 540. The summed E-state index contributed by atoms with van der Waals surface area (Å²) in [6.07, 6.45) is 0.484. The van der Waals surface area contributed by atoms with E-state index in [0.717, 1.165) is 5.56 Å². The minimum absolute atomic E-state index is 0.235. The van der Waals surface area contributed by atoms with E-state index in [4.69, 9.17) is 28.9 Å². The van der Waals surface area contributed by atoms with Gasteiger partial charge in [-0.15, -0.1) is 0 Å². The molecule has 1 unspecified atom stereocenters. The highest BCUT2D eigenvalue weighted by Gasteiger charge is 2.10. The van der Waals surface area contributed by atoms with Gasteiger partial charge in [0.2, 0.25) is 0 Å². The van der Waals surface area contributed by atoms with E-state index in [9.17, 15) is 4.39 Å². The Kier molecular flexibility index (Phi) is 4.23. The van der Waals surface area contributed by atoms with E-state index >= 15 is 0 Å². The molecule has 94 valence electrons. The lowest BCUT2D eigenvalue weighted by atomic mass is 10.00. The fourth-order valence-electron chi connectivity index (χ4n) is 1.76. The molecule has 0 aromatic heterocycles. The lowest BCUT2D eigenvalue weighted by molar-refractivity contribution is 0.622. The summed E-state index contributed by atoms with van der Waals surface area (Å²) in [5.74, 6) is -0.308. The molecule has 0 amide bonds. The zero-order valence-electron chi connectivity index (χ0n) is 9.54. The van der Waals surface area contributed by atoms with Gasteiger partial charge < -0.3 is 5.73 Å². The predicted octanol–water partition coefficient (Wildman–Crippen LogP) is 4.38. The van der Waals surface area contributed by atoms with Gasteiger partial charge in [0.1, 0.15) is 5.82 Å². The summed E-state index contributed by atoms with van der Waals surface area (Å²) in [5, 5.41) is 1.19. The molecule has 1 atom stereocenters. The molecule has 0 aliphatic carbocycles. The van der Waals surface area contributed by atoms with Gasteiger partial charge in [-0.25, -0.2) is 4.39 Å². The van der Waals surface area contributed by atoms with Crippen LogP contribution in [0.1, 0.15) is 17.2 Å². The van der Waals surface area contributed by atoms with Gasteiger partial charge in [0.15, 0.2) is 0 Å². The maximum absolute atomic E-state index is 13.1. The predicted molar refractivity (Wildman–Crippen MR) is 73.5 cm³/mol. The van der Waals surface area contributed by atoms with Gasteiger partial charge in [-0.2, -0.15) is 0 Å². The fraction of sp³-hybridized carbons (Fsp3) is 0.143. The van der Waals surface area contributed by atoms with Crippen LogP contribution < -0.4 is 5.73 Å². The smallest absolute Gasteiger partial charge is 0.123 e. The Labute approximate surface area is 115 Å². The maximum atomic E-state index is 13.1. The summed E-state index contributed by atoms with van der Waals surface area (Å²) in [4.78, 5) is 0. The number of rotatable bonds is 3. The summed E-state index contributed by atoms with van der Waals surface area (Å²) in [7, 11) is 0. The van der Waals surface area contributed by atoms with Crippen molar-refractivity contribution in [3.8, 4) is 0 Å². The third-order valence-electron chi connectivity index (χ3n) is 2.75. The SMILES string of the molecule is NC(Cc1cc(F)ccc1Cl)c1ccc(Cl)cc1. The second-order valence-corrected chi connectivity index (χ2v) is 4.94. The molecule has 2 N–H and O–H groups in total. The minimum Gasteiger partial charge on any atom is -0.324 e. The Hall–Kier alpha value is -1.09. The number of hydrogen-bond donors (Lipinski definition) is 1.